The van der Waals surface area contributed by atoms with Crippen LogP contribution in [0.3, 0.4) is 0 Å². The number of ketones is 1. The van der Waals surface area contributed by atoms with Crippen LogP contribution in [0.2, 0.25) is 0 Å². The molecular formula is C36H69N3O8. The van der Waals surface area contributed by atoms with E-state index >= 15 is 0 Å². The Balaban J connectivity index is 2.50. The summed E-state index contributed by atoms with van der Waals surface area (Å²) in [6.07, 6.45) is 0.745. The summed E-state index contributed by atoms with van der Waals surface area (Å²) in [5.41, 5.74) is -3.66. The van der Waals surface area contributed by atoms with Gasteiger partial charge < -0.3 is 39.0 Å². The first-order valence-electron chi connectivity index (χ1n) is 17.8. The van der Waals surface area contributed by atoms with E-state index in [9.17, 15) is 19.8 Å². The molecule has 10 atom stereocenters. The van der Waals surface area contributed by atoms with Crippen molar-refractivity contribution in [3.05, 3.63) is 0 Å². The summed E-state index contributed by atoms with van der Waals surface area (Å²) in [4.78, 5) is 34.4. The quantitative estimate of drug-likeness (QED) is 0.234. The van der Waals surface area contributed by atoms with Gasteiger partial charge in [-0.05, 0) is 107 Å². The van der Waals surface area contributed by atoms with Crippen molar-refractivity contribution in [3.63, 3.8) is 0 Å². The lowest BCUT2D eigenvalue weighted by atomic mass is 9.74. The molecule has 0 aliphatic carbocycles. The third kappa shape index (κ3) is 10.7. The standard InChI is InChI=1S/C36H69N3O8/c1-14-17-39(18-15-2)19-16-35(8,43)28-23-45-33(42)34(6,7)30(41)26(5)31(36(9,44-13)21-24(3)22-38(28)12)47-32-29(40)27(37(10)11)20-25(4)46-32/h24-29,31-32,40,43H,14-23H2,1-13H3/t24-,25-,26+,27+,28+,29-,31-,32+,35-,36-/m1/s1. The molecule has 47 heavy (non-hydrogen) atoms. The van der Waals surface area contributed by atoms with E-state index in [-0.39, 0.29) is 30.5 Å². The van der Waals surface area contributed by atoms with E-state index in [2.05, 4.69) is 30.6 Å². The molecule has 11 nitrogen and oxygen atoms in total. The van der Waals surface area contributed by atoms with Crippen molar-refractivity contribution < 1.29 is 38.7 Å². The fourth-order valence-electron chi connectivity index (χ4n) is 7.72. The van der Waals surface area contributed by atoms with Crippen LogP contribution in [0.25, 0.3) is 0 Å². The highest BCUT2D eigenvalue weighted by Crippen LogP contribution is 2.38. The van der Waals surface area contributed by atoms with Crippen LogP contribution in [0, 0.1) is 17.3 Å². The van der Waals surface area contributed by atoms with E-state index in [4.69, 9.17) is 18.9 Å². The lowest BCUT2D eigenvalue weighted by Crippen LogP contribution is -2.59. The van der Waals surface area contributed by atoms with Gasteiger partial charge in [0.1, 0.15) is 18.1 Å². The van der Waals surface area contributed by atoms with Crippen molar-refractivity contribution in [3.8, 4) is 0 Å². The van der Waals surface area contributed by atoms with Crippen molar-refractivity contribution >= 4 is 11.8 Å². The van der Waals surface area contributed by atoms with Gasteiger partial charge >= 0.3 is 5.97 Å². The number of ether oxygens (including phenoxy) is 4. The summed E-state index contributed by atoms with van der Waals surface area (Å²) in [5, 5.41) is 23.3. The molecule has 0 aromatic heterocycles. The van der Waals surface area contributed by atoms with Gasteiger partial charge in [0.25, 0.3) is 0 Å². The van der Waals surface area contributed by atoms with Crippen LogP contribution in [0.5, 0.6) is 0 Å². The van der Waals surface area contributed by atoms with Gasteiger partial charge in [-0.2, -0.15) is 0 Å². The van der Waals surface area contributed by atoms with Gasteiger partial charge in [0.2, 0.25) is 0 Å². The third-order valence-corrected chi connectivity index (χ3v) is 10.6. The average molecular weight is 672 g/mol. The largest absolute Gasteiger partial charge is 0.463 e. The molecular weight excluding hydrogens is 602 g/mol. The zero-order valence-electron chi connectivity index (χ0n) is 31.9. The number of likely N-dealkylation sites (N-methyl/N-ethyl adjacent to an activating group) is 2. The number of carbonyl (C=O) groups excluding carboxylic acids is 2. The number of hydrogen-bond donors (Lipinski definition) is 2. The number of rotatable bonds is 12. The second-order valence-electron chi connectivity index (χ2n) is 15.7. The van der Waals surface area contributed by atoms with Crippen molar-refractivity contribution in [1.29, 1.82) is 0 Å². The van der Waals surface area contributed by atoms with Crippen LogP contribution in [-0.2, 0) is 28.5 Å². The van der Waals surface area contributed by atoms with Gasteiger partial charge in [0.15, 0.2) is 12.1 Å². The number of Topliss-reactive ketones (excluding diaryl/α,β-unsaturated/α-hetero) is 1. The zero-order chi connectivity index (χ0) is 35.9. The highest BCUT2D eigenvalue weighted by molar-refractivity contribution is 6.04. The molecule has 276 valence electrons. The lowest BCUT2D eigenvalue weighted by Gasteiger charge is -2.47. The number of methoxy groups -OCH3 is 1. The molecule has 2 heterocycles. The number of esters is 1. The van der Waals surface area contributed by atoms with Crippen LogP contribution in [0.4, 0.5) is 0 Å². The molecule has 0 unspecified atom stereocenters. The highest BCUT2D eigenvalue weighted by atomic mass is 16.7. The van der Waals surface area contributed by atoms with Crippen molar-refractivity contribution in [2.45, 2.75) is 142 Å². The summed E-state index contributed by atoms with van der Waals surface area (Å²) in [6, 6.07) is -0.697. The van der Waals surface area contributed by atoms with Crippen molar-refractivity contribution in [2.75, 3.05) is 61.0 Å². The number of aliphatic hydroxyl groups excluding tert-OH is 1. The zero-order valence-corrected chi connectivity index (χ0v) is 31.9. The van der Waals surface area contributed by atoms with Gasteiger partial charge in [0.05, 0.1) is 29.5 Å². The van der Waals surface area contributed by atoms with Crippen LogP contribution >= 0.6 is 0 Å². The summed E-state index contributed by atoms with van der Waals surface area (Å²) < 4.78 is 24.9. The Labute approximate surface area is 285 Å². The molecule has 0 radical (unpaired) electrons. The second kappa shape index (κ2) is 17.7. The summed E-state index contributed by atoms with van der Waals surface area (Å²) in [7, 11) is 7.38. The maximum absolute atomic E-state index is 14.3. The fourth-order valence-corrected chi connectivity index (χ4v) is 7.72. The van der Waals surface area contributed by atoms with E-state index in [0.29, 0.717) is 25.8 Å². The molecule has 2 rings (SSSR count). The SMILES string of the molecule is CCCN(CCC)CC[C@@](C)(O)[C@@H]1COC(=O)C(C)(C)C(=O)[C@H](C)[C@@H](O[C@@H]2O[C@H](C)C[C@H](N(C)C)[C@H]2O)[C@](C)(OC)C[C@@H](C)CN1C. The maximum atomic E-state index is 14.3. The Morgan fingerprint density at radius 3 is 2.19 bits per heavy atom. The predicted octanol–water partition coefficient (Wildman–Crippen LogP) is 3.58. The smallest absolute Gasteiger partial charge is 0.319 e. The number of nitrogens with zero attached hydrogens (tertiary/aromatic N) is 3. The average Bonchev–Trinajstić information content (AvgIpc) is 2.98. The summed E-state index contributed by atoms with van der Waals surface area (Å²) in [5.74, 6) is -1.77. The van der Waals surface area contributed by atoms with Crippen molar-refractivity contribution in [2.24, 2.45) is 17.3 Å². The van der Waals surface area contributed by atoms with E-state index in [1.54, 1.807) is 27.9 Å². The minimum atomic E-state index is -1.51. The minimum Gasteiger partial charge on any atom is -0.463 e. The third-order valence-electron chi connectivity index (χ3n) is 10.6. The summed E-state index contributed by atoms with van der Waals surface area (Å²) in [6.45, 7) is 20.2. The Bertz CT molecular complexity index is 987. The van der Waals surface area contributed by atoms with Gasteiger partial charge in [-0.3, -0.25) is 14.5 Å². The maximum Gasteiger partial charge on any atom is 0.319 e. The van der Waals surface area contributed by atoms with Crippen molar-refractivity contribution in [1.82, 2.24) is 14.7 Å². The predicted molar refractivity (Wildman–Crippen MR) is 184 cm³/mol. The van der Waals surface area contributed by atoms with Gasteiger partial charge in [-0.25, -0.2) is 0 Å². The van der Waals surface area contributed by atoms with Gasteiger partial charge in [-0.1, -0.05) is 27.7 Å². The molecule has 0 amide bonds. The topological polar surface area (TPSA) is 121 Å². The molecule has 2 aliphatic rings. The second-order valence-corrected chi connectivity index (χ2v) is 15.7. The molecule has 2 aliphatic heterocycles. The van der Waals surface area contributed by atoms with Crippen LogP contribution in [-0.4, -0.2) is 146 Å². The Morgan fingerprint density at radius 2 is 1.66 bits per heavy atom. The monoisotopic (exact) mass is 672 g/mol. The Kier molecular flexibility index (Phi) is 15.8. The number of hydrogen-bond acceptors (Lipinski definition) is 11. The molecule has 2 N–H and O–H groups in total. The highest BCUT2D eigenvalue weighted by Gasteiger charge is 2.52. The normalized spacial score (nSPS) is 36.4. The molecule has 0 saturated carbocycles. The summed E-state index contributed by atoms with van der Waals surface area (Å²) >= 11 is 0. The first kappa shape index (κ1) is 42.0. The number of aliphatic hydroxyl groups is 2. The molecule has 11 heteroatoms. The fraction of sp³-hybridized carbons (Fsp3) is 0.944. The van der Waals surface area contributed by atoms with Crippen LogP contribution in [0.15, 0.2) is 0 Å². The number of cyclic esters (lactones) is 1. The van der Waals surface area contributed by atoms with Gasteiger partial charge in [0, 0.05) is 32.2 Å². The molecule has 0 bridgehead atoms. The lowest BCUT2D eigenvalue weighted by molar-refractivity contribution is -0.295. The first-order valence-corrected chi connectivity index (χ1v) is 17.8. The van der Waals surface area contributed by atoms with E-state index in [1.807, 2.05) is 46.8 Å². The van der Waals surface area contributed by atoms with E-state index in [1.165, 1.54) is 0 Å². The minimum absolute atomic E-state index is 0.0310. The molecule has 2 saturated heterocycles. The first-order chi connectivity index (χ1) is 21.7. The van der Waals surface area contributed by atoms with E-state index in [0.717, 1.165) is 32.5 Å². The van der Waals surface area contributed by atoms with Gasteiger partial charge in [-0.15, -0.1) is 0 Å². The molecule has 0 aromatic carbocycles. The Morgan fingerprint density at radius 1 is 1.06 bits per heavy atom. The van der Waals surface area contributed by atoms with E-state index < -0.39 is 53.0 Å². The Hall–Kier alpha value is -1.18. The molecule has 0 aromatic rings. The molecule has 2 fully saturated rings. The van der Waals surface area contributed by atoms with Crippen LogP contribution in [0.1, 0.15) is 94.4 Å². The van der Waals surface area contributed by atoms with Crippen LogP contribution < -0.4 is 0 Å². The number of carbonyl (C=O) groups is 2. The molecule has 0 spiro atoms.